The van der Waals surface area contributed by atoms with E-state index in [1.165, 1.54) is 17.5 Å². The van der Waals surface area contributed by atoms with Crippen LogP contribution in [0.5, 0.6) is 0 Å². The fourth-order valence-corrected chi connectivity index (χ4v) is 7.33. The van der Waals surface area contributed by atoms with Crippen LogP contribution in [-0.4, -0.2) is 49.1 Å². The van der Waals surface area contributed by atoms with Crippen molar-refractivity contribution in [3.8, 4) is 0 Å². The fourth-order valence-electron chi connectivity index (χ4n) is 5.22. The topological polar surface area (TPSA) is 40.6 Å². The molecule has 2 fully saturated rings. The molecule has 0 radical (unpaired) electrons. The highest BCUT2D eigenvalue weighted by Crippen LogP contribution is 2.43. The van der Waals surface area contributed by atoms with E-state index in [1.54, 1.807) is 0 Å². The van der Waals surface area contributed by atoms with Crippen molar-refractivity contribution < 1.29 is 8.42 Å². The number of nitrogens with zero attached hydrogens (tertiary/aromatic N) is 2. The average molecular weight is 363 g/mol. The molecule has 1 aromatic rings. The van der Waals surface area contributed by atoms with E-state index < -0.39 is 10.0 Å². The number of rotatable bonds is 3. The quantitative estimate of drug-likeness (QED) is 0.830. The summed E-state index contributed by atoms with van der Waals surface area (Å²) in [6.45, 7) is 6.88. The van der Waals surface area contributed by atoms with Gasteiger partial charge < -0.3 is 0 Å². The molecule has 0 N–H and O–H groups in total. The SMILES string of the molecule is CC(C)CS(=O)(=O)N1CCC[C@@H]2CN3CCc4ccccc4[C@H]3C[C@@H]21. The van der Waals surface area contributed by atoms with Crippen LogP contribution in [0.1, 0.15) is 50.3 Å². The summed E-state index contributed by atoms with van der Waals surface area (Å²) in [7, 11) is -3.15. The van der Waals surface area contributed by atoms with Crippen molar-refractivity contribution in [3.05, 3.63) is 35.4 Å². The standard InChI is InChI=1S/C20H30N2O2S/c1-15(2)14-25(23,24)22-10-5-7-17-13-21-11-9-16-6-3-4-8-18(16)20(21)12-19(17)22/h3-4,6,8,15,17,19-20H,5,7,9-14H2,1-2H3/t17-,19+,20-/m1/s1. The first-order valence-corrected chi connectivity index (χ1v) is 11.4. The first kappa shape index (κ1) is 17.5. The monoisotopic (exact) mass is 362 g/mol. The summed E-state index contributed by atoms with van der Waals surface area (Å²) in [6, 6.07) is 9.32. The van der Waals surface area contributed by atoms with Gasteiger partial charge in [-0.25, -0.2) is 8.42 Å². The van der Waals surface area contributed by atoms with E-state index in [9.17, 15) is 8.42 Å². The lowest BCUT2D eigenvalue weighted by molar-refractivity contribution is 0.0219. The maximum absolute atomic E-state index is 13.0. The van der Waals surface area contributed by atoms with E-state index in [4.69, 9.17) is 0 Å². The molecule has 4 rings (SSSR count). The van der Waals surface area contributed by atoms with Crippen LogP contribution in [0, 0.1) is 11.8 Å². The lowest BCUT2D eigenvalue weighted by Gasteiger charge is -2.51. The fraction of sp³-hybridized carbons (Fsp3) is 0.700. The van der Waals surface area contributed by atoms with Crippen LogP contribution < -0.4 is 0 Å². The largest absolute Gasteiger partial charge is 0.296 e. The van der Waals surface area contributed by atoms with Gasteiger partial charge >= 0.3 is 0 Å². The van der Waals surface area contributed by atoms with Crippen LogP contribution >= 0.6 is 0 Å². The summed E-state index contributed by atoms with van der Waals surface area (Å²) >= 11 is 0. The molecule has 3 heterocycles. The Bertz CT molecular complexity index is 731. The molecule has 0 bridgehead atoms. The molecule has 0 amide bonds. The first-order chi connectivity index (χ1) is 12.0. The number of hydrogen-bond acceptors (Lipinski definition) is 3. The Morgan fingerprint density at radius 2 is 2.00 bits per heavy atom. The third-order valence-corrected chi connectivity index (χ3v) is 8.48. The highest BCUT2D eigenvalue weighted by molar-refractivity contribution is 7.89. The summed E-state index contributed by atoms with van der Waals surface area (Å²) in [5, 5.41) is 0. The average Bonchev–Trinajstić information content (AvgIpc) is 2.58. The Morgan fingerprint density at radius 3 is 2.80 bits per heavy atom. The van der Waals surface area contributed by atoms with Gasteiger partial charge in [-0.1, -0.05) is 38.1 Å². The number of fused-ring (bicyclic) bond motifs is 4. The van der Waals surface area contributed by atoms with Gasteiger partial charge in [0.15, 0.2) is 0 Å². The molecule has 25 heavy (non-hydrogen) atoms. The maximum Gasteiger partial charge on any atom is 0.214 e. The van der Waals surface area contributed by atoms with Gasteiger partial charge in [0.05, 0.1) is 5.75 Å². The molecule has 0 spiro atoms. The second kappa shape index (κ2) is 6.67. The van der Waals surface area contributed by atoms with Gasteiger partial charge in [0.1, 0.15) is 0 Å². The minimum Gasteiger partial charge on any atom is -0.296 e. The third-order valence-electron chi connectivity index (χ3n) is 6.23. The molecule has 3 aliphatic heterocycles. The van der Waals surface area contributed by atoms with Gasteiger partial charge in [-0.3, -0.25) is 4.90 Å². The third kappa shape index (κ3) is 3.26. The molecule has 0 unspecified atom stereocenters. The predicted octanol–water partition coefficient (Wildman–Crippen LogP) is 3.06. The van der Waals surface area contributed by atoms with Gasteiger partial charge in [0.25, 0.3) is 0 Å². The Morgan fingerprint density at radius 1 is 1.20 bits per heavy atom. The summed E-state index contributed by atoms with van der Waals surface area (Å²) in [5.41, 5.74) is 2.88. The van der Waals surface area contributed by atoms with Crippen molar-refractivity contribution in [2.45, 2.75) is 51.6 Å². The second-order valence-electron chi connectivity index (χ2n) is 8.45. The van der Waals surface area contributed by atoms with Gasteiger partial charge in [-0.15, -0.1) is 0 Å². The predicted molar refractivity (Wildman–Crippen MR) is 101 cm³/mol. The zero-order chi connectivity index (χ0) is 17.6. The molecular formula is C20H30N2O2S. The van der Waals surface area contributed by atoms with Crippen molar-refractivity contribution >= 4 is 10.0 Å². The highest BCUT2D eigenvalue weighted by Gasteiger charge is 2.45. The first-order valence-electron chi connectivity index (χ1n) is 9.77. The molecule has 1 aromatic carbocycles. The van der Waals surface area contributed by atoms with E-state index in [1.807, 2.05) is 18.2 Å². The van der Waals surface area contributed by atoms with Gasteiger partial charge in [0, 0.05) is 31.7 Å². The molecule has 3 atom stereocenters. The molecular weight excluding hydrogens is 332 g/mol. The van der Waals surface area contributed by atoms with Crippen molar-refractivity contribution in [2.24, 2.45) is 11.8 Å². The van der Waals surface area contributed by atoms with Crippen LogP contribution in [-0.2, 0) is 16.4 Å². The van der Waals surface area contributed by atoms with Crippen LogP contribution in [0.15, 0.2) is 24.3 Å². The molecule has 0 saturated carbocycles. The van der Waals surface area contributed by atoms with E-state index in [0.717, 1.165) is 32.4 Å². The Kier molecular flexibility index (Phi) is 4.67. The zero-order valence-electron chi connectivity index (χ0n) is 15.4. The molecule has 3 aliphatic rings. The molecule has 0 aliphatic carbocycles. The van der Waals surface area contributed by atoms with Crippen LogP contribution in [0.25, 0.3) is 0 Å². The Hall–Kier alpha value is -0.910. The Balaban J connectivity index is 1.63. The summed E-state index contributed by atoms with van der Waals surface area (Å²) < 4.78 is 27.8. The zero-order valence-corrected chi connectivity index (χ0v) is 16.2. The van der Waals surface area contributed by atoms with E-state index in [2.05, 4.69) is 29.2 Å². The van der Waals surface area contributed by atoms with Crippen molar-refractivity contribution in [1.29, 1.82) is 0 Å². The Labute approximate surface area is 152 Å². The maximum atomic E-state index is 13.0. The minimum atomic E-state index is -3.15. The summed E-state index contributed by atoms with van der Waals surface area (Å²) in [4.78, 5) is 2.61. The van der Waals surface area contributed by atoms with E-state index in [0.29, 0.717) is 18.5 Å². The minimum absolute atomic E-state index is 0.181. The number of piperidine rings is 2. The van der Waals surface area contributed by atoms with Crippen molar-refractivity contribution in [2.75, 3.05) is 25.4 Å². The molecule has 0 aromatic heterocycles. The molecule has 2 saturated heterocycles. The van der Waals surface area contributed by atoms with Crippen LogP contribution in [0.4, 0.5) is 0 Å². The molecule has 4 nitrogen and oxygen atoms in total. The molecule has 138 valence electrons. The van der Waals surface area contributed by atoms with E-state index >= 15 is 0 Å². The summed E-state index contributed by atoms with van der Waals surface area (Å²) in [6.07, 6.45) is 4.26. The number of benzene rings is 1. The van der Waals surface area contributed by atoms with Gasteiger partial charge in [0.2, 0.25) is 10.0 Å². The van der Waals surface area contributed by atoms with Gasteiger partial charge in [-0.2, -0.15) is 4.31 Å². The van der Waals surface area contributed by atoms with Crippen molar-refractivity contribution in [3.63, 3.8) is 0 Å². The summed E-state index contributed by atoms with van der Waals surface area (Å²) in [5.74, 6) is 0.958. The highest BCUT2D eigenvalue weighted by atomic mass is 32.2. The van der Waals surface area contributed by atoms with Crippen LogP contribution in [0.3, 0.4) is 0 Å². The number of hydrogen-bond donors (Lipinski definition) is 0. The lowest BCUT2D eigenvalue weighted by atomic mass is 9.77. The smallest absolute Gasteiger partial charge is 0.214 e. The number of sulfonamides is 1. The van der Waals surface area contributed by atoms with E-state index in [-0.39, 0.29) is 17.7 Å². The molecule has 5 heteroatoms. The van der Waals surface area contributed by atoms with Crippen LogP contribution in [0.2, 0.25) is 0 Å². The van der Waals surface area contributed by atoms with Crippen molar-refractivity contribution in [1.82, 2.24) is 9.21 Å². The van der Waals surface area contributed by atoms with Gasteiger partial charge in [-0.05, 0) is 48.6 Å². The normalized spacial score (nSPS) is 30.6. The lowest BCUT2D eigenvalue weighted by Crippen LogP contribution is -2.57. The second-order valence-corrected chi connectivity index (χ2v) is 10.4.